The molecule has 1 atom stereocenters. The minimum atomic E-state index is -0.317. The molecule has 1 fully saturated rings. The standard InChI is InChI=1S/C12H12N2O2S/c13-8-17-10-5-3-9(4-6-10)14-12(15)11-2-1-7-16-11/h3-6,11H,1-2,7H2,(H,14,15). The summed E-state index contributed by atoms with van der Waals surface area (Å²) in [6.07, 6.45) is 1.41. The lowest BCUT2D eigenvalue weighted by molar-refractivity contribution is -0.124. The first kappa shape index (κ1) is 12.0. The number of hydrogen-bond donors (Lipinski definition) is 1. The molecule has 1 amide bonds. The monoisotopic (exact) mass is 248 g/mol. The molecule has 1 saturated heterocycles. The molecule has 0 saturated carbocycles. The van der Waals surface area contributed by atoms with Gasteiger partial charge in [-0.3, -0.25) is 4.79 Å². The molecule has 0 spiro atoms. The van der Waals surface area contributed by atoms with E-state index in [9.17, 15) is 4.79 Å². The van der Waals surface area contributed by atoms with Crippen LogP contribution in [0.4, 0.5) is 5.69 Å². The van der Waals surface area contributed by atoms with Crippen molar-refractivity contribution in [2.45, 2.75) is 23.8 Å². The number of nitriles is 1. The Bertz CT molecular complexity index is 433. The van der Waals surface area contributed by atoms with E-state index < -0.39 is 0 Å². The van der Waals surface area contributed by atoms with Crippen LogP contribution in [-0.2, 0) is 9.53 Å². The van der Waals surface area contributed by atoms with Crippen LogP contribution in [0.2, 0.25) is 0 Å². The van der Waals surface area contributed by atoms with E-state index >= 15 is 0 Å². The average Bonchev–Trinajstić information content (AvgIpc) is 2.86. The molecule has 17 heavy (non-hydrogen) atoms. The Morgan fingerprint density at radius 2 is 2.24 bits per heavy atom. The summed E-state index contributed by atoms with van der Waals surface area (Å²) in [5.74, 6) is -0.0943. The molecule has 4 nitrogen and oxygen atoms in total. The Balaban J connectivity index is 1.94. The second-order valence-corrected chi connectivity index (χ2v) is 4.57. The Morgan fingerprint density at radius 3 is 2.82 bits per heavy atom. The number of anilines is 1. The molecule has 2 rings (SSSR count). The zero-order valence-electron chi connectivity index (χ0n) is 9.18. The molecule has 1 aliphatic rings. The van der Waals surface area contributed by atoms with Gasteiger partial charge in [-0.1, -0.05) is 0 Å². The molecule has 0 aromatic heterocycles. The van der Waals surface area contributed by atoms with Crippen LogP contribution < -0.4 is 5.32 Å². The molecule has 0 aliphatic carbocycles. The van der Waals surface area contributed by atoms with Gasteiger partial charge < -0.3 is 10.1 Å². The van der Waals surface area contributed by atoms with Crippen molar-refractivity contribution in [3.8, 4) is 5.40 Å². The number of hydrogen-bond acceptors (Lipinski definition) is 4. The van der Waals surface area contributed by atoms with Gasteiger partial charge in [-0.05, 0) is 48.9 Å². The van der Waals surface area contributed by atoms with Crippen LogP contribution in [0.3, 0.4) is 0 Å². The van der Waals surface area contributed by atoms with E-state index in [0.717, 1.165) is 35.2 Å². The topological polar surface area (TPSA) is 62.1 Å². The number of amides is 1. The first-order valence-corrected chi connectivity index (χ1v) is 6.20. The number of nitrogens with one attached hydrogen (secondary N) is 1. The van der Waals surface area contributed by atoms with Crippen LogP contribution in [0.5, 0.6) is 0 Å². The summed E-state index contributed by atoms with van der Waals surface area (Å²) in [5, 5.41) is 13.3. The highest BCUT2D eigenvalue weighted by Crippen LogP contribution is 2.20. The smallest absolute Gasteiger partial charge is 0.253 e. The second kappa shape index (κ2) is 5.71. The number of thioether (sulfide) groups is 1. The maximum atomic E-state index is 11.7. The Hall–Kier alpha value is -1.51. The predicted molar refractivity (Wildman–Crippen MR) is 65.5 cm³/mol. The van der Waals surface area contributed by atoms with Crippen LogP contribution in [0.15, 0.2) is 29.2 Å². The van der Waals surface area contributed by atoms with Gasteiger partial charge in [0.05, 0.1) is 0 Å². The maximum Gasteiger partial charge on any atom is 0.253 e. The van der Waals surface area contributed by atoms with Crippen LogP contribution in [0.1, 0.15) is 12.8 Å². The lowest BCUT2D eigenvalue weighted by Crippen LogP contribution is -2.26. The minimum Gasteiger partial charge on any atom is -0.368 e. The Labute approximate surface area is 104 Å². The van der Waals surface area contributed by atoms with Gasteiger partial charge in [0.1, 0.15) is 11.5 Å². The molecule has 1 aromatic carbocycles. The molecule has 1 N–H and O–H groups in total. The van der Waals surface area contributed by atoms with Gasteiger partial charge in [-0.15, -0.1) is 0 Å². The lowest BCUT2D eigenvalue weighted by atomic mass is 10.2. The number of thiocyanates is 1. The summed E-state index contributed by atoms with van der Waals surface area (Å²) in [4.78, 5) is 12.6. The second-order valence-electron chi connectivity index (χ2n) is 3.71. The van der Waals surface area contributed by atoms with Crippen LogP contribution in [0, 0.1) is 10.7 Å². The fourth-order valence-corrected chi connectivity index (χ4v) is 2.04. The van der Waals surface area contributed by atoms with Crippen molar-refractivity contribution < 1.29 is 9.53 Å². The summed E-state index contributed by atoms with van der Waals surface area (Å²) in [6.45, 7) is 0.663. The number of benzene rings is 1. The quantitative estimate of drug-likeness (QED) is 0.659. The summed E-state index contributed by atoms with van der Waals surface area (Å²) < 4.78 is 5.29. The van der Waals surface area contributed by atoms with Crippen LogP contribution in [0.25, 0.3) is 0 Å². The third-order valence-corrected chi connectivity index (χ3v) is 3.11. The third-order valence-electron chi connectivity index (χ3n) is 2.51. The molecular weight excluding hydrogens is 236 g/mol. The number of carbonyl (C=O) groups excluding carboxylic acids is 1. The lowest BCUT2D eigenvalue weighted by Gasteiger charge is -2.10. The molecular formula is C12H12N2O2S. The summed E-state index contributed by atoms with van der Waals surface area (Å²) >= 11 is 1.10. The van der Waals surface area contributed by atoms with Gasteiger partial charge in [-0.2, -0.15) is 5.26 Å². The van der Waals surface area contributed by atoms with E-state index in [1.807, 2.05) is 5.40 Å². The molecule has 88 valence electrons. The summed E-state index contributed by atoms with van der Waals surface area (Å²) in [7, 11) is 0. The first-order chi connectivity index (χ1) is 8.29. The van der Waals surface area contributed by atoms with E-state index in [2.05, 4.69) is 5.32 Å². The highest BCUT2D eigenvalue weighted by atomic mass is 32.2. The first-order valence-electron chi connectivity index (χ1n) is 5.38. The van der Waals surface area contributed by atoms with E-state index in [4.69, 9.17) is 10.00 Å². The van der Waals surface area contributed by atoms with E-state index in [1.165, 1.54) is 0 Å². The van der Waals surface area contributed by atoms with Crippen molar-refractivity contribution in [2.75, 3.05) is 11.9 Å². The van der Waals surface area contributed by atoms with Crippen molar-refractivity contribution in [3.63, 3.8) is 0 Å². The highest BCUT2D eigenvalue weighted by molar-refractivity contribution is 8.03. The van der Waals surface area contributed by atoms with E-state index in [0.29, 0.717) is 6.61 Å². The molecule has 5 heteroatoms. The highest BCUT2D eigenvalue weighted by Gasteiger charge is 2.23. The predicted octanol–water partition coefficient (Wildman–Crippen LogP) is 2.38. The minimum absolute atomic E-state index is 0.0943. The van der Waals surface area contributed by atoms with Gasteiger partial charge >= 0.3 is 0 Å². The molecule has 1 heterocycles. The van der Waals surface area contributed by atoms with Crippen molar-refractivity contribution in [2.24, 2.45) is 0 Å². The number of rotatable bonds is 3. The van der Waals surface area contributed by atoms with Gasteiger partial charge in [-0.25, -0.2) is 0 Å². The molecule has 1 aromatic rings. The van der Waals surface area contributed by atoms with Crippen molar-refractivity contribution in [1.82, 2.24) is 0 Å². The Morgan fingerprint density at radius 1 is 1.47 bits per heavy atom. The molecule has 0 radical (unpaired) electrons. The van der Waals surface area contributed by atoms with Gasteiger partial charge in [0.15, 0.2) is 0 Å². The van der Waals surface area contributed by atoms with Gasteiger partial charge in [0, 0.05) is 17.2 Å². The van der Waals surface area contributed by atoms with Crippen LogP contribution >= 0.6 is 11.8 Å². The Kier molecular flexibility index (Phi) is 4.02. The number of nitrogens with zero attached hydrogens (tertiary/aromatic N) is 1. The van der Waals surface area contributed by atoms with Crippen LogP contribution in [-0.4, -0.2) is 18.6 Å². The van der Waals surface area contributed by atoms with Crippen molar-refractivity contribution in [1.29, 1.82) is 5.26 Å². The summed E-state index contributed by atoms with van der Waals surface area (Å²) in [6, 6.07) is 7.18. The molecule has 0 bridgehead atoms. The fraction of sp³-hybridized carbons (Fsp3) is 0.333. The third kappa shape index (κ3) is 3.22. The largest absolute Gasteiger partial charge is 0.368 e. The van der Waals surface area contributed by atoms with E-state index in [-0.39, 0.29) is 12.0 Å². The number of carbonyl (C=O) groups is 1. The van der Waals surface area contributed by atoms with Gasteiger partial charge in [0.25, 0.3) is 5.91 Å². The zero-order valence-corrected chi connectivity index (χ0v) is 10.00. The number of ether oxygens (including phenoxy) is 1. The molecule has 1 unspecified atom stereocenters. The van der Waals surface area contributed by atoms with Crippen molar-refractivity contribution in [3.05, 3.63) is 24.3 Å². The van der Waals surface area contributed by atoms with E-state index in [1.54, 1.807) is 24.3 Å². The zero-order chi connectivity index (χ0) is 12.1. The average molecular weight is 248 g/mol. The SMILES string of the molecule is N#CSc1ccc(NC(=O)C2CCCO2)cc1. The molecule has 1 aliphatic heterocycles. The van der Waals surface area contributed by atoms with Gasteiger partial charge in [0.2, 0.25) is 0 Å². The van der Waals surface area contributed by atoms with Crippen molar-refractivity contribution >= 4 is 23.4 Å². The maximum absolute atomic E-state index is 11.7. The normalized spacial score (nSPS) is 18.6. The fourth-order valence-electron chi connectivity index (χ4n) is 1.67. The summed E-state index contributed by atoms with van der Waals surface area (Å²) in [5.41, 5.74) is 0.729.